The first-order chi connectivity index (χ1) is 6.76. The van der Waals surface area contributed by atoms with Gasteiger partial charge in [0.15, 0.2) is 0 Å². The predicted molar refractivity (Wildman–Crippen MR) is 58.1 cm³/mol. The summed E-state index contributed by atoms with van der Waals surface area (Å²) in [6.45, 7) is 6.84. The molecule has 0 aromatic carbocycles. The predicted octanol–water partition coefficient (Wildman–Crippen LogP) is 0.735. The molecule has 88 valence electrons. The molecule has 2 N–H and O–H groups in total. The Kier molecular flexibility index (Phi) is 5.53. The third kappa shape index (κ3) is 7.10. The van der Waals surface area contributed by atoms with E-state index in [1.807, 2.05) is 6.92 Å². The van der Waals surface area contributed by atoms with Crippen molar-refractivity contribution in [3.8, 4) is 0 Å². The summed E-state index contributed by atoms with van der Waals surface area (Å²) in [6, 6.07) is -0.561. The molecule has 0 fully saturated rings. The molecular formula is C9H17NO4S. The van der Waals surface area contributed by atoms with Gasteiger partial charge in [0.2, 0.25) is 5.91 Å². The average molecular weight is 235 g/mol. The second-order valence-electron chi connectivity index (χ2n) is 3.49. The van der Waals surface area contributed by atoms with Crippen molar-refractivity contribution in [2.75, 3.05) is 5.75 Å². The zero-order valence-corrected chi connectivity index (χ0v) is 9.80. The smallest absolute Gasteiger partial charge is 0.266 e. The molecule has 0 aliphatic heterocycles. The average Bonchev–Trinajstić information content (AvgIpc) is 2.00. The fraction of sp³-hybridized carbons (Fsp3) is 0.667. The molecule has 1 amide bonds. The highest BCUT2D eigenvalue weighted by Crippen LogP contribution is 2.01. The van der Waals surface area contributed by atoms with Crippen LogP contribution in [-0.4, -0.2) is 30.7 Å². The molecule has 6 heteroatoms. The van der Waals surface area contributed by atoms with Gasteiger partial charge in [-0.05, 0) is 13.3 Å². The van der Waals surface area contributed by atoms with Crippen LogP contribution in [0.2, 0.25) is 0 Å². The van der Waals surface area contributed by atoms with Gasteiger partial charge >= 0.3 is 0 Å². The van der Waals surface area contributed by atoms with E-state index in [0.29, 0.717) is 12.0 Å². The summed E-state index contributed by atoms with van der Waals surface area (Å²) >= 11 is 0. The Bertz CT molecular complexity index is 334. The highest BCUT2D eigenvalue weighted by molar-refractivity contribution is 7.85. The quantitative estimate of drug-likeness (QED) is 0.525. The summed E-state index contributed by atoms with van der Waals surface area (Å²) in [5.74, 6) is -0.850. The van der Waals surface area contributed by atoms with Crippen molar-refractivity contribution in [3.63, 3.8) is 0 Å². The first-order valence-corrected chi connectivity index (χ1v) is 6.28. The van der Waals surface area contributed by atoms with Gasteiger partial charge in [0.05, 0.1) is 5.75 Å². The third-order valence-electron chi connectivity index (χ3n) is 1.77. The van der Waals surface area contributed by atoms with Crippen molar-refractivity contribution >= 4 is 16.0 Å². The molecule has 0 heterocycles. The van der Waals surface area contributed by atoms with Gasteiger partial charge < -0.3 is 5.32 Å². The van der Waals surface area contributed by atoms with Crippen molar-refractivity contribution in [2.24, 2.45) is 0 Å². The third-order valence-corrected chi connectivity index (χ3v) is 2.60. The molecule has 0 rings (SSSR count). The molecule has 0 radical (unpaired) electrons. The lowest BCUT2D eigenvalue weighted by Gasteiger charge is -2.16. The maximum absolute atomic E-state index is 11.2. The molecular weight excluding hydrogens is 218 g/mol. The van der Waals surface area contributed by atoms with E-state index in [-0.39, 0.29) is 0 Å². The zero-order chi connectivity index (χ0) is 12.1. The van der Waals surface area contributed by atoms with Crippen LogP contribution >= 0.6 is 0 Å². The minimum Gasteiger partial charge on any atom is -0.348 e. The van der Waals surface area contributed by atoms with Crippen LogP contribution in [-0.2, 0) is 14.9 Å². The van der Waals surface area contributed by atoms with Gasteiger partial charge in [0.1, 0.15) is 0 Å². The largest absolute Gasteiger partial charge is 0.348 e. The summed E-state index contributed by atoms with van der Waals surface area (Å²) in [7, 11) is -4.06. The van der Waals surface area contributed by atoms with E-state index in [9.17, 15) is 13.2 Å². The van der Waals surface area contributed by atoms with Crippen molar-refractivity contribution in [1.29, 1.82) is 0 Å². The molecule has 0 saturated carbocycles. The fourth-order valence-electron chi connectivity index (χ4n) is 1.11. The standard InChI is InChI=1S/C9H17NO4S/c1-4-5-8(6-15(12,13)14)10-9(11)7(2)3/h8H,2,4-6H2,1,3H3,(H,10,11)(H,12,13,14)/t8-/m0/s1. The summed E-state index contributed by atoms with van der Waals surface area (Å²) in [4.78, 5) is 11.2. The van der Waals surface area contributed by atoms with Gasteiger partial charge in [-0.2, -0.15) is 8.42 Å². The first kappa shape index (κ1) is 14.1. The Morgan fingerprint density at radius 1 is 1.53 bits per heavy atom. The van der Waals surface area contributed by atoms with Crippen LogP contribution in [0, 0.1) is 0 Å². The Morgan fingerprint density at radius 2 is 2.07 bits per heavy atom. The van der Waals surface area contributed by atoms with Gasteiger partial charge in [-0.1, -0.05) is 19.9 Å². The van der Waals surface area contributed by atoms with Crippen LogP contribution in [0.3, 0.4) is 0 Å². The number of nitrogens with one attached hydrogen (secondary N) is 1. The van der Waals surface area contributed by atoms with Crippen molar-refractivity contribution in [2.45, 2.75) is 32.7 Å². The van der Waals surface area contributed by atoms with Gasteiger partial charge in [-0.15, -0.1) is 0 Å². The van der Waals surface area contributed by atoms with Crippen LogP contribution < -0.4 is 5.32 Å². The highest BCUT2D eigenvalue weighted by Gasteiger charge is 2.18. The fourth-order valence-corrected chi connectivity index (χ4v) is 1.87. The molecule has 1 atom stereocenters. The summed E-state index contributed by atoms with van der Waals surface area (Å²) < 4.78 is 30.0. The van der Waals surface area contributed by atoms with Crippen LogP contribution in [0.15, 0.2) is 12.2 Å². The number of hydrogen-bond acceptors (Lipinski definition) is 3. The Hall–Kier alpha value is -0.880. The number of amides is 1. The van der Waals surface area contributed by atoms with Gasteiger partial charge in [0.25, 0.3) is 10.1 Å². The molecule has 0 unspecified atom stereocenters. The normalized spacial score (nSPS) is 13.3. The topological polar surface area (TPSA) is 83.5 Å². The minimum atomic E-state index is -4.06. The van der Waals surface area contributed by atoms with Gasteiger partial charge in [-0.25, -0.2) is 0 Å². The van der Waals surface area contributed by atoms with Gasteiger partial charge in [-0.3, -0.25) is 9.35 Å². The van der Waals surface area contributed by atoms with E-state index in [2.05, 4.69) is 11.9 Å². The van der Waals surface area contributed by atoms with Crippen molar-refractivity contribution in [1.82, 2.24) is 5.32 Å². The number of carbonyl (C=O) groups is 1. The van der Waals surface area contributed by atoms with E-state index in [1.54, 1.807) is 0 Å². The summed E-state index contributed by atoms with van der Waals surface area (Å²) in [5, 5.41) is 2.50. The second-order valence-corrected chi connectivity index (χ2v) is 4.99. The Morgan fingerprint density at radius 3 is 2.40 bits per heavy atom. The van der Waals surface area contributed by atoms with Crippen LogP contribution in [0.4, 0.5) is 0 Å². The SMILES string of the molecule is C=C(C)C(=O)N[C@@H](CCC)CS(=O)(=O)O. The second kappa shape index (κ2) is 5.87. The van der Waals surface area contributed by atoms with Crippen LogP contribution in [0.5, 0.6) is 0 Å². The van der Waals surface area contributed by atoms with Crippen LogP contribution in [0.25, 0.3) is 0 Å². The summed E-state index contributed by atoms with van der Waals surface area (Å²) in [6.07, 6.45) is 1.22. The van der Waals surface area contributed by atoms with E-state index < -0.39 is 27.8 Å². The lowest BCUT2D eigenvalue weighted by molar-refractivity contribution is -0.118. The first-order valence-electron chi connectivity index (χ1n) is 4.67. The lowest BCUT2D eigenvalue weighted by atomic mass is 10.2. The molecule has 0 aliphatic carbocycles. The van der Waals surface area contributed by atoms with Crippen molar-refractivity contribution < 1.29 is 17.8 Å². The van der Waals surface area contributed by atoms with E-state index in [0.717, 1.165) is 6.42 Å². The van der Waals surface area contributed by atoms with Gasteiger partial charge in [0, 0.05) is 11.6 Å². The van der Waals surface area contributed by atoms with E-state index in [1.165, 1.54) is 6.92 Å². The monoisotopic (exact) mass is 235 g/mol. The maximum atomic E-state index is 11.2. The van der Waals surface area contributed by atoms with E-state index >= 15 is 0 Å². The molecule has 0 saturated heterocycles. The molecule has 0 aromatic heterocycles. The molecule has 0 bridgehead atoms. The highest BCUT2D eigenvalue weighted by atomic mass is 32.2. The minimum absolute atomic E-state index is 0.312. The summed E-state index contributed by atoms with van der Waals surface area (Å²) in [5.41, 5.74) is 0.312. The zero-order valence-electron chi connectivity index (χ0n) is 8.99. The lowest BCUT2D eigenvalue weighted by Crippen LogP contribution is -2.39. The molecule has 0 spiro atoms. The maximum Gasteiger partial charge on any atom is 0.266 e. The Balaban J connectivity index is 4.41. The Labute approximate surface area is 90.3 Å². The molecule has 0 aliphatic rings. The van der Waals surface area contributed by atoms with Crippen molar-refractivity contribution in [3.05, 3.63) is 12.2 Å². The number of carbonyl (C=O) groups excluding carboxylic acids is 1. The molecule has 15 heavy (non-hydrogen) atoms. The molecule has 5 nitrogen and oxygen atoms in total. The molecule has 0 aromatic rings. The van der Waals surface area contributed by atoms with Crippen LogP contribution in [0.1, 0.15) is 26.7 Å². The number of hydrogen-bond donors (Lipinski definition) is 2. The number of rotatable bonds is 6. The van der Waals surface area contributed by atoms with E-state index in [4.69, 9.17) is 4.55 Å².